The van der Waals surface area contributed by atoms with Crippen molar-refractivity contribution < 1.29 is 9.53 Å². The molecule has 100 valence electrons. The Bertz CT molecular complexity index is 509. The Hall–Kier alpha value is -2.03. The number of hydrogen-bond acceptors (Lipinski definition) is 4. The molecule has 0 aliphatic carbocycles. The van der Waals surface area contributed by atoms with Crippen LogP contribution in [0.2, 0.25) is 5.02 Å². The Balaban J connectivity index is 2.62. The number of carbonyl (C=O) groups is 1. The lowest BCUT2D eigenvalue weighted by Gasteiger charge is -2.04. The summed E-state index contributed by atoms with van der Waals surface area (Å²) < 4.78 is 4.80. The van der Waals surface area contributed by atoms with Crippen LogP contribution >= 0.6 is 11.6 Å². The summed E-state index contributed by atoms with van der Waals surface area (Å²) in [5.74, 6) is -0.450. The standard InChI is InChI=1S/C13H14ClN3O2/c1-19-6-5-16-13(18)10(8-15)9-17-12-4-2-3-11(14)7-12/h2-4,7,9,17H,5-6H2,1H3,(H,16,18)/b10-9-. The van der Waals surface area contributed by atoms with Gasteiger partial charge in [-0.3, -0.25) is 4.79 Å². The number of amides is 1. The molecule has 5 nitrogen and oxygen atoms in total. The van der Waals surface area contributed by atoms with Gasteiger partial charge in [-0.2, -0.15) is 5.26 Å². The monoisotopic (exact) mass is 279 g/mol. The van der Waals surface area contributed by atoms with Crippen LogP contribution in [0.5, 0.6) is 0 Å². The molecule has 1 rings (SSSR count). The third-order valence-corrected chi connectivity index (χ3v) is 2.40. The minimum Gasteiger partial charge on any atom is -0.383 e. The van der Waals surface area contributed by atoms with Gasteiger partial charge in [0.15, 0.2) is 0 Å². The second-order valence-corrected chi connectivity index (χ2v) is 4.01. The molecule has 2 N–H and O–H groups in total. The Labute approximate surface area is 116 Å². The zero-order valence-corrected chi connectivity index (χ0v) is 11.2. The molecule has 1 aromatic rings. The van der Waals surface area contributed by atoms with Crippen LogP contribution in [-0.2, 0) is 9.53 Å². The van der Waals surface area contributed by atoms with E-state index >= 15 is 0 Å². The number of hydrogen-bond donors (Lipinski definition) is 2. The highest BCUT2D eigenvalue weighted by Crippen LogP contribution is 2.15. The van der Waals surface area contributed by atoms with Gasteiger partial charge in [0.25, 0.3) is 5.91 Å². The lowest BCUT2D eigenvalue weighted by atomic mass is 10.3. The Kier molecular flexibility index (Phi) is 6.44. The fourth-order valence-corrected chi connectivity index (χ4v) is 1.43. The van der Waals surface area contributed by atoms with E-state index in [9.17, 15) is 4.79 Å². The number of carbonyl (C=O) groups excluding carboxylic acids is 1. The second kappa shape index (κ2) is 8.14. The van der Waals surface area contributed by atoms with Crippen molar-refractivity contribution in [2.24, 2.45) is 0 Å². The number of methoxy groups -OCH3 is 1. The number of nitrogens with one attached hydrogen (secondary N) is 2. The third-order valence-electron chi connectivity index (χ3n) is 2.16. The van der Waals surface area contributed by atoms with Crippen LogP contribution in [0.15, 0.2) is 36.0 Å². The first kappa shape index (κ1) is 15.0. The Morgan fingerprint density at radius 1 is 1.58 bits per heavy atom. The molecule has 6 heteroatoms. The van der Waals surface area contributed by atoms with Gasteiger partial charge in [-0.1, -0.05) is 17.7 Å². The average molecular weight is 280 g/mol. The molecule has 0 aliphatic heterocycles. The molecule has 1 amide bonds. The van der Waals surface area contributed by atoms with E-state index in [1.807, 2.05) is 6.07 Å². The number of nitrogens with zero attached hydrogens (tertiary/aromatic N) is 1. The van der Waals surface area contributed by atoms with Crippen LogP contribution in [0.1, 0.15) is 0 Å². The van der Waals surface area contributed by atoms with Crippen LogP contribution in [-0.4, -0.2) is 26.2 Å². The zero-order chi connectivity index (χ0) is 14.1. The van der Waals surface area contributed by atoms with Crippen molar-refractivity contribution >= 4 is 23.2 Å². The summed E-state index contributed by atoms with van der Waals surface area (Å²) in [7, 11) is 1.54. The van der Waals surface area contributed by atoms with Crippen molar-refractivity contribution in [3.8, 4) is 6.07 Å². The topological polar surface area (TPSA) is 74.1 Å². The van der Waals surface area contributed by atoms with E-state index in [1.165, 1.54) is 13.3 Å². The molecule has 0 bridgehead atoms. The fourth-order valence-electron chi connectivity index (χ4n) is 1.24. The molecular weight excluding hydrogens is 266 g/mol. The predicted octanol–water partition coefficient (Wildman–Crippen LogP) is 1.92. The first-order chi connectivity index (χ1) is 9.17. The van der Waals surface area contributed by atoms with Crippen LogP contribution in [0, 0.1) is 11.3 Å². The summed E-state index contributed by atoms with van der Waals surface area (Å²) in [5.41, 5.74) is 0.682. The maximum absolute atomic E-state index is 11.6. The van der Waals surface area contributed by atoms with Crippen LogP contribution in [0.4, 0.5) is 5.69 Å². The molecule has 0 fully saturated rings. The summed E-state index contributed by atoms with van der Waals surface area (Å²) in [6, 6.07) is 8.80. The highest BCUT2D eigenvalue weighted by atomic mass is 35.5. The van der Waals surface area contributed by atoms with Crippen LogP contribution < -0.4 is 10.6 Å². The highest BCUT2D eigenvalue weighted by molar-refractivity contribution is 6.30. The van der Waals surface area contributed by atoms with Crippen molar-refractivity contribution in [3.05, 3.63) is 41.1 Å². The number of anilines is 1. The molecule has 0 radical (unpaired) electrons. The summed E-state index contributed by atoms with van der Waals surface area (Å²) in [5, 5.41) is 14.9. The Morgan fingerprint density at radius 3 is 3.00 bits per heavy atom. The third kappa shape index (κ3) is 5.42. The number of benzene rings is 1. The van der Waals surface area contributed by atoms with E-state index in [-0.39, 0.29) is 5.57 Å². The van der Waals surface area contributed by atoms with Gasteiger partial charge >= 0.3 is 0 Å². The van der Waals surface area contributed by atoms with Crippen molar-refractivity contribution in [1.29, 1.82) is 5.26 Å². The second-order valence-electron chi connectivity index (χ2n) is 3.57. The number of nitriles is 1. The summed E-state index contributed by atoms with van der Waals surface area (Å²) in [4.78, 5) is 11.6. The molecule has 0 spiro atoms. The van der Waals surface area contributed by atoms with Gasteiger partial charge in [0.05, 0.1) is 6.61 Å². The van der Waals surface area contributed by atoms with E-state index in [4.69, 9.17) is 21.6 Å². The first-order valence-electron chi connectivity index (χ1n) is 5.57. The van der Waals surface area contributed by atoms with E-state index in [1.54, 1.807) is 24.3 Å². The van der Waals surface area contributed by atoms with Gasteiger partial charge in [-0.05, 0) is 18.2 Å². The van der Waals surface area contributed by atoms with Gasteiger partial charge in [-0.25, -0.2) is 0 Å². The quantitative estimate of drug-likeness (QED) is 0.474. The number of halogens is 1. The molecule has 0 atom stereocenters. The number of rotatable bonds is 6. The zero-order valence-electron chi connectivity index (χ0n) is 10.4. The molecule has 0 saturated heterocycles. The smallest absolute Gasteiger partial charge is 0.263 e. The van der Waals surface area contributed by atoms with Gasteiger partial charge < -0.3 is 15.4 Å². The van der Waals surface area contributed by atoms with E-state index in [2.05, 4.69) is 10.6 Å². The average Bonchev–Trinajstić information content (AvgIpc) is 2.40. The molecular formula is C13H14ClN3O2. The van der Waals surface area contributed by atoms with Crippen molar-refractivity contribution in [1.82, 2.24) is 5.32 Å². The normalized spacial score (nSPS) is 10.7. The molecule has 0 aromatic heterocycles. The summed E-state index contributed by atoms with van der Waals surface area (Å²) in [6.45, 7) is 0.748. The lowest BCUT2D eigenvalue weighted by molar-refractivity contribution is -0.117. The number of ether oxygens (including phenoxy) is 1. The molecule has 19 heavy (non-hydrogen) atoms. The molecule has 0 unspecified atom stereocenters. The van der Waals surface area contributed by atoms with Crippen molar-refractivity contribution in [2.75, 3.05) is 25.6 Å². The SMILES string of the molecule is COCCNC(=O)/C(C#N)=C\Nc1cccc(Cl)c1. The Morgan fingerprint density at radius 2 is 2.37 bits per heavy atom. The van der Waals surface area contributed by atoms with Crippen molar-refractivity contribution in [2.45, 2.75) is 0 Å². The minimum absolute atomic E-state index is 0.0175. The van der Waals surface area contributed by atoms with E-state index < -0.39 is 5.91 Å². The minimum atomic E-state index is -0.450. The van der Waals surface area contributed by atoms with Gasteiger partial charge in [-0.15, -0.1) is 0 Å². The van der Waals surface area contributed by atoms with E-state index in [0.29, 0.717) is 23.9 Å². The molecule has 1 aromatic carbocycles. The largest absolute Gasteiger partial charge is 0.383 e. The highest BCUT2D eigenvalue weighted by Gasteiger charge is 2.07. The predicted molar refractivity (Wildman–Crippen MR) is 73.7 cm³/mol. The van der Waals surface area contributed by atoms with Gasteiger partial charge in [0.2, 0.25) is 0 Å². The fraction of sp³-hybridized carbons (Fsp3) is 0.231. The van der Waals surface area contributed by atoms with E-state index in [0.717, 1.165) is 0 Å². The molecule has 0 aliphatic rings. The van der Waals surface area contributed by atoms with Crippen LogP contribution in [0.25, 0.3) is 0 Å². The van der Waals surface area contributed by atoms with Crippen LogP contribution in [0.3, 0.4) is 0 Å². The first-order valence-corrected chi connectivity index (χ1v) is 5.94. The molecule has 0 saturated carbocycles. The summed E-state index contributed by atoms with van der Waals surface area (Å²) in [6.07, 6.45) is 1.34. The lowest BCUT2D eigenvalue weighted by Crippen LogP contribution is -2.28. The van der Waals surface area contributed by atoms with Gasteiger partial charge in [0, 0.05) is 30.6 Å². The molecule has 0 heterocycles. The van der Waals surface area contributed by atoms with Gasteiger partial charge in [0.1, 0.15) is 11.6 Å². The summed E-state index contributed by atoms with van der Waals surface area (Å²) >= 11 is 5.82. The maximum Gasteiger partial charge on any atom is 0.263 e. The maximum atomic E-state index is 11.6. The van der Waals surface area contributed by atoms with Crippen molar-refractivity contribution in [3.63, 3.8) is 0 Å².